The largest absolute Gasteiger partial charge is 0.465 e. The van der Waals surface area contributed by atoms with E-state index in [1.54, 1.807) is 24.3 Å². The van der Waals surface area contributed by atoms with Gasteiger partial charge in [0.05, 0.1) is 12.7 Å². The molecule has 1 aliphatic carbocycles. The first-order valence-electron chi connectivity index (χ1n) is 12.7. The van der Waals surface area contributed by atoms with Crippen LogP contribution < -0.4 is 10.9 Å². The molecule has 39 heavy (non-hydrogen) atoms. The van der Waals surface area contributed by atoms with Crippen molar-refractivity contribution < 1.29 is 23.9 Å². The zero-order valence-electron chi connectivity index (χ0n) is 21.9. The van der Waals surface area contributed by atoms with Gasteiger partial charge in [0.25, 0.3) is 11.5 Å². The van der Waals surface area contributed by atoms with Crippen LogP contribution in [0.15, 0.2) is 59.4 Å². The third-order valence-electron chi connectivity index (χ3n) is 7.05. The van der Waals surface area contributed by atoms with E-state index in [1.807, 2.05) is 30.3 Å². The summed E-state index contributed by atoms with van der Waals surface area (Å²) in [6, 6.07) is 16.3. The molecule has 5 rings (SSSR count). The molecule has 2 aromatic carbocycles. The van der Waals surface area contributed by atoms with Gasteiger partial charge in [0, 0.05) is 22.9 Å². The number of anilines is 1. The molecule has 0 saturated carbocycles. The average Bonchev–Trinajstić information content (AvgIpc) is 3.30. The van der Waals surface area contributed by atoms with E-state index in [2.05, 4.69) is 12.2 Å². The fourth-order valence-corrected chi connectivity index (χ4v) is 6.54. The summed E-state index contributed by atoms with van der Waals surface area (Å²) >= 11 is 1.36. The van der Waals surface area contributed by atoms with Crippen molar-refractivity contribution in [1.82, 2.24) is 4.57 Å². The van der Waals surface area contributed by atoms with Crippen LogP contribution in [0.5, 0.6) is 0 Å². The zero-order chi connectivity index (χ0) is 27.7. The number of carbonyl (C=O) groups is 3. The highest BCUT2D eigenvalue weighted by atomic mass is 32.1. The van der Waals surface area contributed by atoms with Gasteiger partial charge in [0.2, 0.25) is 0 Å². The second kappa shape index (κ2) is 10.9. The van der Waals surface area contributed by atoms with Crippen LogP contribution in [0.1, 0.15) is 44.6 Å². The van der Waals surface area contributed by atoms with Crippen LogP contribution in [0.3, 0.4) is 0 Å². The molecule has 4 aromatic rings. The minimum absolute atomic E-state index is 0.0496. The minimum atomic E-state index is -0.804. The molecule has 0 saturated heterocycles. The first-order chi connectivity index (χ1) is 18.8. The Bertz CT molecular complexity index is 1650. The van der Waals surface area contributed by atoms with Crippen molar-refractivity contribution in [3.63, 3.8) is 0 Å². The molecule has 200 valence electrons. The number of hydrogen-bond donors (Lipinski definition) is 1. The summed E-state index contributed by atoms with van der Waals surface area (Å²) in [6.07, 6.45) is 2.51. The van der Waals surface area contributed by atoms with Crippen molar-refractivity contribution >= 4 is 45.0 Å². The van der Waals surface area contributed by atoms with E-state index in [-0.39, 0.29) is 11.3 Å². The maximum Gasteiger partial charge on any atom is 0.356 e. The van der Waals surface area contributed by atoms with Crippen LogP contribution in [-0.2, 0) is 34.2 Å². The third-order valence-corrected chi connectivity index (χ3v) is 8.22. The molecule has 1 amide bonds. The number of rotatable bonds is 6. The summed E-state index contributed by atoms with van der Waals surface area (Å²) in [5.41, 5.74) is 2.27. The summed E-state index contributed by atoms with van der Waals surface area (Å²) in [5.74, 6) is -1.42. The van der Waals surface area contributed by atoms with Crippen LogP contribution in [0.2, 0.25) is 0 Å². The van der Waals surface area contributed by atoms with E-state index in [9.17, 15) is 19.2 Å². The van der Waals surface area contributed by atoms with E-state index in [4.69, 9.17) is 9.47 Å². The third kappa shape index (κ3) is 4.97. The molecule has 0 aliphatic heterocycles. The number of thiophene rings is 1. The molecule has 0 fully saturated rings. The first-order valence-corrected chi connectivity index (χ1v) is 13.5. The monoisotopic (exact) mass is 544 g/mol. The second-order valence-electron chi connectivity index (χ2n) is 9.67. The van der Waals surface area contributed by atoms with Crippen LogP contribution in [-0.4, -0.2) is 36.1 Å². The standard InChI is InChI=1S/C30H28N2O6S/c1-17-13-14-21-22(15-17)39-27(25(21)29(35)37-3)31-23(33)16-38-30(36)26-24(18-9-5-4-6-10-18)19-11-7-8-12-20(19)28(34)32(26)2/h4-12,17H,13-16H2,1-3H3,(H,31,33). The fourth-order valence-electron chi connectivity index (χ4n) is 5.12. The molecule has 0 spiro atoms. The Kier molecular flexibility index (Phi) is 7.34. The number of carbonyl (C=O) groups excluding carboxylic acids is 3. The Morgan fingerprint density at radius 3 is 2.44 bits per heavy atom. The normalized spacial score (nSPS) is 14.5. The second-order valence-corrected chi connectivity index (χ2v) is 10.8. The minimum Gasteiger partial charge on any atom is -0.465 e. The summed E-state index contributed by atoms with van der Waals surface area (Å²) in [7, 11) is 2.82. The maximum absolute atomic E-state index is 13.4. The van der Waals surface area contributed by atoms with Gasteiger partial charge in [-0.05, 0) is 47.8 Å². The fraction of sp³-hybridized carbons (Fsp3) is 0.267. The lowest BCUT2D eigenvalue weighted by molar-refractivity contribution is -0.119. The number of nitrogens with one attached hydrogen (secondary N) is 1. The number of aromatic nitrogens is 1. The number of pyridine rings is 1. The molecule has 8 nitrogen and oxygen atoms in total. The Morgan fingerprint density at radius 2 is 1.72 bits per heavy atom. The molecule has 1 N–H and O–H groups in total. The van der Waals surface area contributed by atoms with Crippen LogP contribution in [0.25, 0.3) is 21.9 Å². The van der Waals surface area contributed by atoms with Crippen molar-refractivity contribution in [3.05, 3.63) is 86.6 Å². The lowest BCUT2D eigenvalue weighted by atomic mass is 9.88. The molecule has 2 aromatic heterocycles. The van der Waals surface area contributed by atoms with Gasteiger partial charge in [0.15, 0.2) is 6.61 Å². The number of amides is 1. The average molecular weight is 545 g/mol. The Hall–Kier alpha value is -4.24. The highest BCUT2D eigenvalue weighted by Crippen LogP contribution is 2.40. The van der Waals surface area contributed by atoms with Gasteiger partial charge < -0.3 is 19.4 Å². The number of fused-ring (bicyclic) bond motifs is 2. The summed E-state index contributed by atoms with van der Waals surface area (Å²) in [6.45, 7) is 1.57. The highest BCUT2D eigenvalue weighted by Gasteiger charge is 2.29. The van der Waals surface area contributed by atoms with Gasteiger partial charge in [-0.3, -0.25) is 9.59 Å². The van der Waals surface area contributed by atoms with Crippen molar-refractivity contribution in [2.75, 3.05) is 19.0 Å². The SMILES string of the molecule is COC(=O)c1c(NC(=O)COC(=O)c2c(-c3ccccc3)c3ccccc3c(=O)n2C)sc2c1CCC(C)C2. The summed E-state index contributed by atoms with van der Waals surface area (Å²) < 4.78 is 11.7. The number of benzene rings is 2. The Morgan fingerprint density at radius 1 is 1.03 bits per heavy atom. The van der Waals surface area contributed by atoms with Gasteiger partial charge in [0.1, 0.15) is 10.7 Å². The van der Waals surface area contributed by atoms with Crippen LogP contribution in [0.4, 0.5) is 5.00 Å². The van der Waals surface area contributed by atoms with Gasteiger partial charge in [-0.2, -0.15) is 0 Å². The van der Waals surface area contributed by atoms with Crippen molar-refractivity contribution in [1.29, 1.82) is 0 Å². The molecule has 0 bridgehead atoms. The van der Waals surface area contributed by atoms with Crippen molar-refractivity contribution in [2.24, 2.45) is 13.0 Å². The van der Waals surface area contributed by atoms with Gasteiger partial charge in [-0.15, -0.1) is 11.3 Å². The zero-order valence-corrected chi connectivity index (χ0v) is 22.7. The Labute approximate surface area is 229 Å². The van der Waals surface area contributed by atoms with Gasteiger partial charge in [-0.1, -0.05) is 55.5 Å². The molecule has 2 heterocycles. The molecular formula is C30H28N2O6S. The number of methoxy groups -OCH3 is 1. The van der Waals surface area contributed by atoms with E-state index in [0.29, 0.717) is 32.8 Å². The highest BCUT2D eigenvalue weighted by molar-refractivity contribution is 7.17. The molecule has 1 unspecified atom stereocenters. The molecule has 9 heteroatoms. The van der Waals surface area contributed by atoms with E-state index in [1.165, 1.54) is 30.1 Å². The number of esters is 2. The smallest absolute Gasteiger partial charge is 0.356 e. The van der Waals surface area contributed by atoms with Crippen molar-refractivity contribution in [2.45, 2.75) is 26.2 Å². The number of nitrogens with zero attached hydrogens (tertiary/aromatic N) is 1. The Balaban J connectivity index is 1.43. The lowest BCUT2D eigenvalue weighted by Gasteiger charge is -2.18. The first kappa shape index (κ1) is 26.4. The van der Waals surface area contributed by atoms with Crippen LogP contribution >= 0.6 is 11.3 Å². The lowest BCUT2D eigenvalue weighted by Crippen LogP contribution is -2.28. The van der Waals surface area contributed by atoms with E-state index < -0.39 is 24.5 Å². The van der Waals surface area contributed by atoms with E-state index >= 15 is 0 Å². The quantitative estimate of drug-likeness (QED) is 0.344. The molecule has 1 aliphatic rings. The predicted molar refractivity (Wildman–Crippen MR) is 150 cm³/mol. The number of hydrogen-bond acceptors (Lipinski definition) is 7. The van der Waals surface area contributed by atoms with Gasteiger partial charge in [-0.25, -0.2) is 9.59 Å². The van der Waals surface area contributed by atoms with E-state index in [0.717, 1.165) is 35.3 Å². The topological polar surface area (TPSA) is 104 Å². The molecule has 0 radical (unpaired) electrons. The predicted octanol–water partition coefficient (Wildman–Crippen LogP) is 4.97. The summed E-state index contributed by atoms with van der Waals surface area (Å²) in [4.78, 5) is 53.0. The number of ether oxygens (including phenoxy) is 2. The van der Waals surface area contributed by atoms with Crippen molar-refractivity contribution in [3.8, 4) is 11.1 Å². The van der Waals surface area contributed by atoms with Crippen LogP contribution in [0, 0.1) is 5.92 Å². The summed E-state index contributed by atoms with van der Waals surface area (Å²) in [5, 5.41) is 4.22. The molecule has 1 atom stereocenters. The molecular weight excluding hydrogens is 516 g/mol. The van der Waals surface area contributed by atoms with Gasteiger partial charge >= 0.3 is 11.9 Å². The maximum atomic E-state index is 13.4.